The Balaban J connectivity index is 1.35. The monoisotopic (exact) mass is 426 g/mol. The molecule has 0 aliphatic heterocycles. The van der Waals surface area contributed by atoms with Crippen molar-refractivity contribution in [1.29, 1.82) is 0 Å². The molecule has 2 aromatic carbocycles. The fourth-order valence-electron chi connectivity index (χ4n) is 5.46. The first kappa shape index (κ1) is 21.1. The van der Waals surface area contributed by atoms with E-state index in [4.69, 9.17) is 0 Å². The number of carbonyl (C=O) groups excluding carboxylic acids is 1. The average Bonchev–Trinajstić information content (AvgIpc) is 3.52. The van der Waals surface area contributed by atoms with Crippen LogP contribution in [0, 0.1) is 12.8 Å². The molecule has 2 aliphatic carbocycles. The molecule has 3 nitrogen and oxygen atoms in total. The zero-order chi connectivity index (χ0) is 21.9. The molecule has 0 unspecified atom stereocenters. The Kier molecular flexibility index (Phi) is 6.16. The van der Waals surface area contributed by atoms with E-state index in [-0.39, 0.29) is 5.92 Å². The molecule has 32 heavy (non-hydrogen) atoms. The molecular formula is C29H34N2O. The van der Waals surface area contributed by atoms with Crippen molar-refractivity contribution in [3.8, 4) is 0 Å². The normalized spacial score (nSPS) is 20.8. The summed E-state index contributed by atoms with van der Waals surface area (Å²) in [7, 11) is 0. The van der Waals surface area contributed by atoms with Crippen molar-refractivity contribution in [2.75, 3.05) is 0 Å². The molecule has 2 fully saturated rings. The van der Waals surface area contributed by atoms with Crippen molar-refractivity contribution in [1.82, 2.24) is 9.47 Å². The number of hydrogen-bond donors (Lipinski definition) is 0. The zero-order valence-corrected chi connectivity index (χ0v) is 19.1. The van der Waals surface area contributed by atoms with E-state index in [2.05, 4.69) is 89.3 Å². The number of aryl methyl sites for hydroxylation is 1. The van der Waals surface area contributed by atoms with Crippen LogP contribution in [0.15, 0.2) is 72.9 Å². The highest BCUT2D eigenvalue weighted by Gasteiger charge is 2.46. The van der Waals surface area contributed by atoms with Crippen LogP contribution in [-0.2, 0) is 17.9 Å². The summed E-state index contributed by atoms with van der Waals surface area (Å²) in [6, 6.07) is 24.0. The number of carbonyl (C=O) groups is 1. The lowest BCUT2D eigenvalue weighted by molar-refractivity contribution is -0.136. The van der Waals surface area contributed by atoms with Crippen molar-refractivity contribution in [2.45, 2.75) is 70.5 Å². The summed E-state index contributed by atoms with van der Waals surface area (Å²) in [6.07, 6.45) is 9.23. The molecule has 0 radical (unpaired) electrons. The first-order valence-corrected chi connectivity index (χ1v) is 12.2. The van der Waals surface area contributed by atoms with Gasteiger partial charge in [0.05, 0.1) is 6.54 Å². The minimum Gasteiger partial charge on any atom is -0.345 e. The lowest BCUT2D eigenvalue weighted by atomic mass is 9.93. The maximum absolute atomic E-state index is 13.7. The number of hydrogen-bond acceptors (Lipinski definition) is 1. The predicted molar refractivity (Wildman–Crippen MR) is 129 cm³/mol. The number of nitrogens with zero attached hydrogens (tertiary/aromatic N) is 2. The van der Waals surface area contributed by atoms with Crippen LogP contribution in [0.3, 0.4) is 0 Å². The predicted octanol–water partition coefficient (Wildman–Crippen LogP) is 6.31. The minimum atomic E-state index is 0.152. The standard InChI is InChI=1S/C29H34N2O/c1-22-10-8-11-23(18-22)20-30-17-9-16-26(30)21-31(25-14-6-3-7-15-25)29(32)28-19-27(28)24-12-4-2-5-13-24/h2,4-5,8-13,16-18,25,27-28H,3,6-7,14-15,19-21H2,1H3/t27-,28-/m0/s1. The SMILES string of the molecule is Cc1cccc(Cn2cccc2CN(C(=O)[C@H]2C[C@H]2c2ccccc2)C2CCCCC2)c1. The summed E-state index contributed by atoms with van der Waals surface area (Å²) in [4.78, 5) is 16.0. The summed E-state index contributed by atoms with van der Waals surface area (Å²) in [6.45, 7) is 3.72. The smallest absolute Gasteiger partial charge is 0.226 e. The van der Waals surface area contributed by atoms with Gasteiger partial charge in [-0.3, -0.25) is 4.79 Å². The number of benzene rings is 2. The highest BCUT2D eigenvalue weighted by molar-refractivity contribution is 5.83. The number of amides is 1. The fraction of sp³-hybridized carbons (Fsp3) is 0.414. The highest BCUT2D eigenvalue weighted by Crippen LogP contribution is 2.49. The first-order chi connectivity index (χ1) is 15.7. The van der Waals surface area contributed by atoms with Gasteiger partial charge in [-0.05, 0) is 55.4 Å². The summed E-state index contributed by atoms with van der Waals surface area (Å²) in [5, 5.41) is 0. The van der Waals surface area contributed by atoms with E-state index in [0.29, 0.717) is 17.9 Å². The van der Waals surface area contributed by atoms with Gasteiger partial charge in [-0.25, -0.2) is 0 Å². The molecule has 1 heterocycles. The number of aromatic nitrogens is 1. The molecule has 2 aliphatic rings. The molecule has 5 rings (SSSR count). The quantitative estimate of drug-likeness (QED) is 0.435. The van der Waals surface area contributed by atoms with Gasteiger partial charge in [-0.15, -0.1) is 0 Å². The van der Waals surface area contributed by atoms with Gasteiger partial charge in [-0.2, -0.15) is 0 Å². The van der Waals surface area contributed by atoms with Crippen molar-refractivity contribution < 1.29 is 4.79 Å². The van der Waals surface area contributed by atoms with Crippen LogP contribution in [0.2, 0.25) is 0 Å². The van der Waals surface area contributed by atoms with E-state index in [1.807, 2.05) is 0 Å². The van der Waals surface area contributed by atoms with Gasteiger partial charge in [0.2, 0.25) is 5.91 Å². The maximum Gasteiger partial charge on any atom is 0.226 e. The Morgan fingerprint density at radius 3 is 2.56 bits per heavy atom. The van der Waals surface area contributed by atoms with E-state index in [9.17, 15) is 4.79 Å². The minimum absolute atomic E-state index is 0.152. The van der Waals surface area contributed by atoms with Crippen molar-refractivity contribution in [2.24, 2.45) is 5.92 Å². The van der Waals surface area contributed by atoms with Crippen LogP contribution < -0.4 is 0 Å². The summed E-state index contributed by atoms with van der Waals surface area (Å²) >= 11 is 0. The van der Waals surface area contributed by atoms with Gasteiger partial charge >= 0.3 is 0 Å². The molecule has 166 valence electrons. The van der Waals surface area contributed by atoms with E-state index >= 15 is 0 Å². The highest BCUT2D eigenvalue weighted by atomic mass is 16.2. The van der Waals surface area contributed by atoms with Gasteiger partial charge in [0.1, 0.15) is 0 Å². The number of rotatable bonds is 7. The molecule has 2 saturated carbocycles. The molecule has 1 amide bonds. The van der Waals surface area contributed by atoms with Gasteiger partial charge in [-0.1, -0.05) is 79.4 Å². The second kappa shape index (κ2) is 9.36. The topological polar surface area (TPSA) is 25.2 Å². The summed E-state index contributed by atoms with van der Waals surface area (Å²) < 4.78 is 2.32. The molecule has 0 spiro atoms. The van der Waals surface area contributed by atoms with E-state index < -0.39 is 0 Å². The van der Waals surface area contributed by atoms with E-state index in [1.165, 1.54) is 41.6 Å². The van der Waals surface area contributed by atoms with Crippen molar-refractivity contribution >= 4 is 5.91 Å². The average molecular weight is 427 g/mol. The summed E-state index contributed by atoms with van der Waals surface area (Å²) in [5.74, 6) is 0.919. The van der Waals surface area contributed by atoms with Crippen LogP contribution in [0.1, 0.15) is 66.8 Å². The molecule has 0 saturated heterocycles. The molecular weight excluding hydrogens is 392 g/mol. The van der Waals surface area contributed by atoms with E-state index in [0.717, 1.165) is 32.4 Å². The molecule has 1 aromatic heterocycles. The van der Waals surface area contributed by atoms with Crippen LogP contribution in [-0.4, -0.2) is 21.4 Å². The molecule has 3 aromatic rings. The third-order valence-corrected chi connectivity index (χ3v) is 7.33. The second-order valence-electron chi connectivity index (χ2n) is 9.73. The zero-order valence-electron chi connectivity index (χ0n) is 19.1. The van der Waals surface area contributed by atoms with Gasteiger partial charge in [0.15, 0.2) is 0 Å². The lowest BCUT2D eigenvalue weighted by Crippen LogP contribution is -2.42. The van der Waals surface area contributed by atoms with E-state index in [1.54, 1.807) is 0 Å². The maximum atomic E-state index is 13.7. The van der Waals surface area contributed by atoms with Crippen LogP contribution in [0.5, 0.6) is 0 Å². The summed E-state index contributed by atoms with van der Waals surface area (Å²) in [5.41, 5.74) is 5.15. The van der Waals surface area contributed by atoms with Crippen molar-refractivity contribution in [3.05, 3.63) is 95.3 Å². The van der Waals surface area contributed by atoms with Gasteiger partial charge in [0, 0.05) is 30.4 Å². The van der Waals surface area contributed by atoms with Crippen LogP contribution in [0.4, 0.5) is 0 Å². The van der Waals surface area contributed by atoms with Crippen LogP contribution in [0.25, 0.3) is 0 Å². The molecule has 3 heteroatoms. The van der Waals surface area contributed by atoms with Crippen molar-refractivity contribution in [3.63, 3.8) is 0 Å². The van der Waals surface area contributed by atoms with Gasteiger partial charge in [0.25, 0.3) is 0 Å². The fourth-order valence-corrected chi connectivity index (χ4v) is 5.46. The Morgan fingerprint density at radius 2 is 1.78 bits per heavy atom. The van der Waals surface area contributed by atoms with Crippen LogP contribution >= 0.6 is 0 Å². The molecule has 0 N–H and O–H groups in total. The Hall–Kier alpha value is -2.81. The Labute approximate surface area is 192 Å². The Bertz CT molecular complexity index is 1050. The Morgan fingerprint density at radius 1 is 0.969 bits per heavy atom. The second-order valence-corrected chi connectivity index (χ2v) is 9.73. The third-order valence-electron chi connectivity index (χ3n) is 7.33. The first-order valence-electron chi connectivity index (χ1n) is 12.2. The molecule has 0 bridgehead atoms. The van der Waals surface area contributed by atoms with Gasteiger partial charge < -0.3 is 9.47 Å². The third kappa shape index (κ3) is 4.67. The molecule has 2 atom stereocenters. The largest absolute Gasteiger partial charge is 0.345 e. The lowest BCUT2D eigenvalue weighted by Gasteiger charge is -2.35.